The molecule has 0 spiro atoms. The Bertz CT molecular complexity index is 1190. The third kappa shape index (κ3) is 4.70. The van der Waals surface area contributed by atoms with Gasteiger partial charge in [-0.15, -0.1) is 0 Å². The van der Waals surface area contributed by atoms with E-state index in [-0.39, 0.29) is 29.1 Å². The number of benzene rings is 1. The van der Waals surface area contributed by atoms with Crippen LogP contribution in [0.2, 0.25) is 0 Å². The molecule has 3 heterocycles. The van der Waals surface area contributed by atoms with Crippen LogP contribution in [-0.4, -0.2) is 29.1 Å². The first kappa shape index (κ1) is 23.9. The Morgan fingerprint density at radius 1 is 1.18 bits per heavy atom. The molecule has 3 N–H and O–H groups in total. The van der Waals surface area contributed by atoms with Crippen LogP contribution in [0.4, 0.5) is 18.9 Å². The Morgan fingerprint density at radius 2 is 1.91 bits per heavy atom. The third-order valence-electron chi connectivity index (χ3n) is 6.86. The highest BCUT2D eigenvalue weighted by molar-refractivity contribution is 5.98. The van der Waals surface area contributed by atoms with Crippen LogP contribution in [0.3, 0.4) is 0 Å². The van der Waals surface area contributed by atoms with Gasteiger partial charge in [-0.1, -0.05) is 13.0 Å². The normalized spacial score (nSPS) is 17.8. The van der Waals surface area contributed by atoms with E-state index in [1.54, 1.807) is 37.4 Å². The summed E-state index contributed by atoms with van der Waals surface area (Å²) in [6.07, 6.45) is -0.573. The summed E-state index contributed by atoms with van der Waals surface area (Å²) in [5.41, 5.74) is 5.35. The molecule has 3 aromatic rings. The molecular formula is C25H27F3N4O2. The molecule has 1 amide bonds. The first-order chi connectivity index (χ1) is 16.1. The van der Waals surface area contributed by atoms with Crippen molar-refractivity contribution in [2.24, 2.45) is 11.8 Å². The Kier molecular flexibility index (Phi) is 6.49. The van der Waals surface area contributed by atoms with E-state index >= 15 is 0 Å². The highest BCUT2D eigenvalue weighted by Crippen LogP contribution is 2.41. The first-order valence-electron chi connectivity index (χ1n) is 11.2. The lowest BCUT2D eigenvalue weighted by Gasteiger charge is -2.42. The second-order valence-corrected chi connectivity index (χ2v) is 8.97. The molecule has 0 radical (unpaired) electrons. The average molecular weight is 473 g/mol. The van der Waals surface area contributed by atoms with Crippen molar-refractivity contribution in [3.05, 3.63) is 65.6 Å². The number of hydrogen-bond acceptors (Lipinski definition) is 5. The molecule has 1 fully saturated rings. The summed E-state index contributed by atoms with van der Waals surface area (Å²) < 4.78 is 45.1. The van der Waals surface area contributed by atoms with Crippen molar-refractivity contribution in [2.45, 2.75) is 38.4 Å². The van der Waals surface area contributed by atoms with Gasteiger partial charge in [-0.25, -0.2) is 0 Å². The van der Waals surface area contributed by atoms with Crippen LogP contribution in [0.1, 0.15) is 48.3 Å². The maximum Gasteiger partial charge on any atom is 0.417 e. The molecule has 180 valence electrons. The highest BCUT2D eigenvalue weighted by Gasteiger charge is 2.43. The van der Waals surface area contributed by atoms with Gasteiger partial charge in [0.15, 0.2) is 0 Å². The Hall–Kier alpha value is -3.20. The van der Waals surface area contributed by atoms with Gasteiger partial charge in [0.1, 0.15) is 0 Å². The molecule has 4 rings (SSSR count). The molecule has 0 saturated carbocycles. The van der Waals surface area contributed by atoms with E-state index in [0.717, 1.165) is 36.0 Å². The molecule has 9 heteroatoms. The third-order valence-corrected chi connectivity index (χ3v) is 6.86. The standard InChI is InChI=1S/C25H27F3N4O2/c1-15(16-7-10-34-11-8-16)24(2,22-20(29)13-19(14-31-22)25(26,27)28)32-23(33)18-5-6-21-17(12-18)4-3-9-30-21/h3-6,9,12-16H,7-8,10-11,29H2,1-2H3,(H,32,33). The van der Waals surface area contributed by atoms with Crippen LogP contribution >= 0.6 is 0 Å². The van der Waals surface area contributed by atoms with Gasteiger partial charge in [0.2, 0.25) is 0 Å². The SMILES string of the molecule is CC(C1CCOCC1)C(C)(NC(=O)c1ccc2ncccc2c1)c1ncc(C(F)(F)F)cc1N. The molecule has 34 heavy (non-hydrogen) atoms. The fraction of sp³-hybridized carbons (Fsp3) is 0.400. The number of carbonyl (C=O) groups excluding carboxylic acids is 1. The zero-order valence-electron chi connectivity index (χ0n) is 19.0. The van der Waals surface area contributed by atoms with Crippen molar-refractivity contribution < 1.29 is 22.7 Å². The number of hydrogen-bond donors (Lipinski definition) is 2. The van der Waals surface area contributed by atoms with Gasteiger partial charge in [0.25, 0.3) is 5.91 Å². The molecule has 0 aliphatic carbocycles. The lowest BCUT2D eigenvalue weighted by Crippen LogP contribution is -2.51. The average Bonchev–Trinajstić information content (AvgIpc) is 2.83. The number of ether oxygens (including phenoxy) is 1. The van der Waals surface area contributed by atoms with Crippen LogP contribution in [0.5, 0.6) is 0 Å². The second kappa shape index (κ2) is 9.21. The summed E-state index contributed by atoms with van der Waals surface area (Å²) in [5, 5.41) is 3.87. The molecular weight excluding hydrogens is 445 g/mol. The molecule has 1 aliphatic heterocycles. The zero-order valence-corrected chi connectivity index (χ0v) is 19.0. The Morgan fingerprint density at radius 3 is 2.59 bits per heavy atom. The van der Waals surface area contributed by atoms with Crippen molar-refractivity contribution >= 4 is 22.5 Å². The van der Waals surface area contributed by atoms with Gasteiger partial charge in [-0.3, -0.25) is 14.8 Å². The number of nitrogen functional groups attached to an aromatic ring is 1. The van der Waals surface area contributed by atoms with E-state index in [2.05, 4.69) is 15.3 Å². The van der Waals surface area contributed by atoms with Gasteiger partial charge >= 0.3 is 6.18 Å². The van der Waals surface area contributed by atoms with E-state index in [1.165, 1.54) is 0 Å². The zero-order chi connectivity index (χ0) is 24.5. The van der Waals surface area contributed by atoms with Gasteiger partial charge in [-0.05, 0) is 61.9 Å². The lowest BCUT2D eigenvalue weighted by atomic mass is 9.72. The number of nitrogens with zero attached hydrogens (tertiary/aromatic N) is 2. The highest BCUT2D eigenvalue weighted by atomic mass is 19.4. The number of carbonyl (C=O) groups is 1. The van der Waals surface area contributed by atoms with Crippen LogP contribution in [0.25, 0.3) is 10.9 Å². The fourth-order valence-electron chi connectivity index (χ4n) is 4.67. The molecule has 0 bridgehead atoms. The summed E-state index contributed by atoms with van der Waals surface area (Å²) in [6, 6.07) is 9.69. The molecule has 1 aliphatic rings. The fourth-order valence-corrected chi connectivity index (χ4v) is 4.67. The maximum absolute atomic E-state index is 13.4. The van der Waals surface area contributed by atoms with Gasteiger partial charge in [0.05, 0.1) is 28.0 Å². The van der Waals surface area contributed by atoms with Crippen molar-refractivity contribution in [3.63, 3.8) is 0 Å². The van der Waals surface area contributed by atoms with Gasteiger partial charge < -0.3 is 15.8 Å². The Balaban J connectivity index is 1.73. The number of amides is 1. The summed E-state index contributed by atoms with van der Waals surface area (Å²) in [6.45, 7) is 4.93. The number of pyridine rings is 2. The van der Waals surface area contributed by atoms with E-state index in [0.29, 0.717) is 18.8 Å². The van der Waals surface area contributed by atoms with Crippen LogP contribution in [0.15, 0.2) is 48.8 Å². The maximum atomic E-state index is 13.4. The minimum atomic E-state index is -4.56. The minimum Gasteiger partial charge on any atom is -0.397 e. The number of rotatable bonds is 5. The van der Waals surface area contributed by atoms with E-state index in [1.807, 2.05) is 13.0 Å². The Labute approximate surface area is 195 Å². The van der Waals surface area contributed by atoms with Crippen molar-refractivity contribution in [2.75, 3.05) is 18.9 Å². The molecule has 2 aromatic heterocycles. The number of halogens is 3. The van der Waals surface area contributed by atoms with Crippen LogP contribution in [0, 0.1) is 11.8 Å². The van der Waals surface area contributed by atoms with Gasteiger partial charge in [-0.2, -0.15) is 13.2 Å². The van der Waals surface area contributed by atoms with Gasteiger partial charge in [0, 0.05) is 36.6 Å². The molecule has 1 saturated heterocycles. The van der Waals surface area contributed by atoms with E-state index in [9.17, 15) is 18.0 Å². The minimum absolute atomic E-state index is 0.112. The molecule has 6 nitrogen and oxygen atoms in total. The van der Waals surface area contributed by atoms with Crippen molar-refractivity contribution in [3.8, 4) is 0 Å². The summed E-state index contributed by atoms with van der Waals surface area (Å²) in [7, 11) is 0. The van der Waals surface area contributed by atoms with Crippen molar-refractivity contribution in [1.82, 2.24) is 15.3 Å². The van der Waals surface area contributed by atoms with Crippen LogP contribution < -0.4 is 11.1 Å². The number of aromatic nitrogens is 2. The molecule has 2 unspecified atom stereocenters. The summed E-state index contributed by atoms with van der Waals surface area (Å²) >= 11 is 0. The second-order valence-electron chi connectivity index (χ2n) is 8.97. The quantitative estimate of drug-likeness (QED) is 0.549. The smallest absolute Gasteiger partial charge is 0.397 e. The number of nitrogens with one attached hydrogen (secondary N) is 1. The monoisotopic (exact) mass is 472 g/mol. The molecule has 1 aromatic carbocycles. The lowest BCUT2D eigenvalue weighted by molar-refractivity contribution is -0.137. The van der Waals surface area contributed by atoms with E-state index < -0.39 is 17.3 Å². The van der Waals surface area contributed by atoms with Crippen LogP contribution in [-0.2, 0) is 16.5 Å². The topological polar surface area (TPSA) is 90.1 Å². The number of nitrogens with two attached hydrogens (primary N) is 1. The van der Waals surface area contributed by atoms with Crippen molar-refractivity contribution in [1.29, 1.82) is 0 Å². The van der Waals surface area contributed by atoms with E-state index in [4.69, 9.17) is 10.5 Å². The summed E-state index contributed by atoms with van der Waals surface area (Å²) in [5.74, 6) is -0.370. The molecule has 2 atom stereocenters. The predicted octanol–water partition coefficient (Wildman–Crippen LogP) is 4.94. The largest absolute Gasteiger partial charge is 0.417 e. The summed E-state index contributed by atoms with van der Waals surface area (Å²) in [4.78, 5) is 21.8. The first-order valence-corrected chi connectivity index (χ1v) is 11.2. The number of alkyl halides is 3. The predicted molar refractivity (Wildman–Crippen MR) is 123 cm³/mol. The number of fused-ring (bicyclic) bond motifs is 1. The number of anilines is 1.